The molecule has 1 atom stereocenters. The third kappa shape index (κ3) is 4.01. The average Bonchev–Trinajstić information content (AvgIpc) is 2.42. The first-order valence-electron chi connectivity index (χ1n) is 6.93. The van der Waals surface area contributed by atoms with Gasteiger partial charge < -0.3 is 5.73 Å². The van der Waals surface area contributed by atoms with E-state index < -0.39 is 0 Å². The van der Waals surface area contributed by atoms with Crippen LogP contribution >= 0.6 is 11.8 Å². The van der Waals surface area contributed by atoms with Crippen molar-refractivity contribution in [1.29, 1.82) is 0 Å². The zero-order valence-electron chi connectivity index (χ0n) is 11.3. The van der Waals surface area contributed by atoms with E-state index in [0.717, 1.165) is 24.8 Å². The molecule has 1 aromatic rings. The van der Waals surface area contributed by atoms with Crippen molar-refractivity contribution >= 4 is 11.8 Å². The fourth-order valence-corrected chi connectivity index (χ4v) is 3.66. The maximum atomic E-state index is 5.57. The summed E-state index contributed by atoms with van der Waals surface area (Å²) in [6, 6.07) is 8.96. The minimum Gasteiger partial charge on any atom is -0.330 e. The minimum atomic E-state index is 0.737. The number of rotatable bonds is 5. The summed E-state index contributed by atoms with van der Waals surface area (Å²) in [5, 5.41) is 0.829. The van der Waals surface area contributed by atoms with Crippen LogP contribution in [0.3, 0.4) is 0 Å². The molecule has 0 aliphatic carbocycles. The first kappa shape index (κ1) is 13.9. The van der Waals surface area contributed by atoms with Gasteiger partial charge in [-0.3, -0.25) is 4.90 Å². The summed E-state index contributed by atoms with van der Waals surface area (Å²) < 4.78 is 0. The highest BCUT2D eigenvalue weighted by Gasteiger charge is 2.18. The molecule has 2 nitrogen and oxygen atoms in total. The molecule has 2 N–H and O–H groups in total. The predicted octanol–water partition coefficient (Wildman–Crippen LogP) is 2.52. The zero-order valence-corrected chi connectivity index (χ0v) is 12.1. The van der Waals surface area contributed by atoms with E-state index in [-0.39, 0.29) is 0 Å². The first-order valence-corrected chi connectivity index (χ1v) is 7.98. The van der Waals surface area contributed by atoms with Crippen LogP contribution in [-0.4, -0.2) is 35.5 Å². The van der Waals surface area contributed by atoms with E-state index in [1.807, 2.05) is 0 Å². The second-order valence-corrected chi connectivity index (χ2v) is 6.40. The molecule has 0 aromatic heterocycles. The lowest BCUT2D eigenvalue weighted by Crippen LogP contribution is -2.36. The Balaban J connectivity index is 1.88. The van der Waals surface area contributed by atoms with Gasteiger partial charge in [0.1, 0.15) is 0 Å². The van der Waals surface area contributed by atoms with Crippen LogP contribution < -0.4 is 5.73 Å². The first-order chi connectivity index (χ1) is 8.81. The summed E-state index contributed by atoms with van der Waals surface area (Å²) in [6.45, 7) is 6.60. The molecular weight excluding hydrogens is 240 g/mol. The van der Waals surface area contributed by atoms with Crippen LogP contribution in [0.5, 0.6) is 0 Å². The number of nitrogens with two attached hydrogens (primary N) is 1. The maximum absolute atomic E-state index is 5.57. The van der Waals surface area contributed by atoms with Crippen LogP contribution in [0.2, 0.25) is 0 Å². The van der Waals surface area contributed by atoms with Crippen LogP contribution in [0.4, 0.5) is 0 Å². The second-order valence-electron chi connectivity index (χ2n) is 4.99. The molecule has 0 bridgehead atoms. The van der Waals surface area contributed by atoms with E-state index in [0.29, 0.717) is 0 Å². The van der Waals surface area contributed by atoms with Gasteiger partial charge in [-0.1, -0.05) is 31.2 Å². The number of thioether (sulfide) groups is 1. The Morgan fingerprint density at radius 3 is 2.67 bits per heavy atom. The van der Waals surface area contributed by atoms with Crippen molar-refractivity contribution in [2.75, 3.05) is 25.4 Å². The molecule has 18 heavy (non-hydrogen) atoms. The number of hydrogen-bond acceptors (Lipinski definition) is 3. The van der Waals surface area contributed by atoms with Crippen molar-refractivity contribution in [3.63, 3.8) is 0 Å². The Kier molecular flexibility index (Phi) is 5.54. The molecule has 1 aliphatic heterocycles. The van der Waals surface area contributed by atoms with Crippen LogP contribution in [0.1, 0.15) is 24.5 Å². The Labute approximate surface area is 115 Å². The van der Waals surface area contributed by atoms with Gasteiger partial charge in [0, 0.05) is 30.6 Å². The van der Waals surface area contributed by atoms with Gasteiger partial charge in [-0.15, -0.1) is 0 Å². The maximum Gasteiger partial charge on any atom is 0.0234 e. The zero-order chi connectivity index (χ0) is 12.8. The second kappa shape index (κ2) is 7.17. The Morgan fingerprint density at radius 1 is 1.28 bits per heavy atom. The predicted molar refractivity (Wildman–Crippen MR) is 81.0 cm³/mol. The van der Waals surface area contributed by atoms with E-state index in [9.17, 15) is 0 Å². The molecule has 1 saturated heterocycles. The summed E-state index contributed by atoms with van der Waals surface area (Å²) in [4.78, 5) is 2.59. The van der Waals surface area contributed by atoms with Crippen molar-refractivity contribution in [1.82, 2.24) is 4.90 Å². The Morgan fingerprint density at radius 2 is 2.00 bits per heavy atom. The molecule has 1 aliphatic rings. The van der Waals surface area contributed by atoms with Crippen LogP contribution in [0, 0.1) is 0 Å². The number of hydrogen-bond donors (Lipinski definition) is 1. The van der Waals surface area contributed by atoms with Gasteiger partial charge in [-0.05, 0) is 30.5 Å². The van der Waals surface area contributed by atoms with Gasteiger partial charge in [0.05, 0.1) is 0 Å². The number of benzene rings is 1. The molecule has 1 aromatic carbocycles. The largest absolute Gasteiger partial charge is 0.330 e. The highest BCUT2D eigenvalue weighted by molar-refractivity contribution is 8.00. The lowest BCUT2D eigenvalue weighted by Gasteiger charge is -2.31. The van der Waals surface area contributed by atoms with Crippen LogP contribution in [0.25, 0.3) is 0 Å². The molecule has 1 fully saturated rings. The molecule has 1 heterocycles. The standard InChI is InChI=1S/C15H24N2S/c1-2-15-12-17(9-10-18-15)11-14-5-3-13(4-6-14)7-8-16/h3-6,15H,2,7-12,16H2,1H3. The third-order valence-corrected chi connectivity index (χ3v) is 4.91. The molecule has 0 radical (unpaired) electrons. The van der Waals surface area contributed by atoms with Crippen LogP contribution in [-0.2, 0) is 13.0 Å². The SMILES string of the molecule is CCC1CN(Cc2ccc(CCN)cc2)CCS1. The molecule has 0 amide bonds. The molecule has 1 unspecified atom stereocenters. The quantitative estimate of drug-likeness (QED) is 0.886. The summed E-state index contributed by atoms with van der Waals surface area (Å²) in [5.41, 5.74) is 8.35. The van der Waals surface area contributed by atoms with Gasteiger partial charge in [0.2, 0.25) is 0 Å². The molecule has 3 heteroatoms. The summed E-state index contributed by atoms with van der Waals surface area (Å²) in [5.74, 6) is 1.28. The van der Waals surface area contributed by atoms with E-state index in [4.69, 9.17) is 5.73 Å². The van der Waals surface area contributed by atoms with Crippen molar-refractivity contribution in [3.05, 3.63) is 35.4 Å². The minimum absolute atomic E-state index is 0.737. The number of nitrogens with zero attached hydrogens (tertiary/aromatic N) is 1. The van der Waals surface area contributed by atoms with Gasteiger partial charge in [-0.25, -0.2) is 0 Å². The van der Waals surface area contributed by atoms with Crippen molar-refractivity contribution < 1.29 is 0 Å². The van der Waals surface area contributed by atoms with E-state index in [2.05, 4.69) is 47.9 Å². The molecule has 0 saturated carbocycles. The third-order valence-electron chi connectivity index (χ3n) is 3.54. The Bertz CT molecular complexity index is 350. The summed E-state index contributed by atoms with van der Waals surface area (Å²) in [7, 11) is 0. The molecule has 0 spiro atoms. The molecular formula is C15H24N2S. The monoisotopic (exact) mass is 264 g/mol. The van der Waals surface area contributed by atoms with Crippen LogP contribution in [0.15, 0.2) is 24.3 Å². The lowest BCUT2D eigenvalue weighted by molar-refractivity contribution is 0.273. The van der Waals surface area contributed by atoms with Gasteiger partial charge in [-0.2, -0.15) is 11.8 Å². The van der Waals surface area contributed by atoms with Gasteiger partial charge in [0.15, 0.2) is 0 Å². The van der Waals surface area contributed by atoms with Gasteiger partial charge in [0.25, 0.3) is 0 Å². The topological polar surface area (TPSA) is 29.3 Å². The van der Waals surface area contributed by atoms with Crippen molar-refractivity contribution in [2.24, 2.45) is 5.73 Å². The normalized spacial score (nSPS) is 21.1. The van der Waals surface area contributed by atoms with E-state index in [1.54, 1.807) is 0 Å². The van der Waals surface area contributed by atoms with Crippen molar-refractivity contribution in [3.8, 4) is 0 Å². The smallest absolute Gasteiger partial charge is 0.0234 e. The average molecular weight is 264 g/mol. The highest BCUT2D eigenvalue weighted by atomic mass is 32.2. The summed E-state index contributed by atoms with van der Waals surface area (Å²) in [6.07, 6.45) is 2.27. The van der Waals surface area contributed by atoms with E-state index in [1.165, 1.54) is 36.4 Å². The molecule has 100 valence electrons. The fourth-order valence-electron chi connectivity index (χ4n) is 2.41. The molecule has 2 rings (SSSR count). The van der Waals surface area contributed by atoms with Gasteiger partial charge >= 0.3 is 0 Å². The summed E-state index contributed by atoms with van der Waals surface area (Å²) >= 11 is 2.13. The fraction of sp³-hybridized carbons (Fsp3) is 0.600. The lowest BCUT2D eigenvalue weighted by atomic mass is 10.1. The highest BCUT2D eigenvalue weighted by Crippen LogP contribution is 2.22. The van der Waals surface area contributed by atoms with E-state index >= 15 is 0 Å². The Hall–Kier alpha value is -0.510. The van der Waals surface area contributed by atoms with Crippen molar-refractivity contribution in [2.45, 2.75) is 31.6 Å².